The van der Waals surface area contributed by atoms with Gasteiger partial charge >= 0.3 is 0 Å². The van der Waals surface area contributed by atoms with Crippen molar-refractivity contribution in [3.63, 3.8) is 0 Å². The molecule has 2 aromatic heterocycles. The van der Waals surface area contributed by atoms with Gasteiger partial charge in [0.05, 0.1) is 18.1 Å². The molecule has 6 heteroatoms. The molecule has 0 saturated carbocycles. The summed E-state index contributed by atoms with van der Waals surface area (Å²) in [5.41, 5.74) is 3.03. The maximum absolute atomic E-state index is 12.9. The number of rotatable bonds is 5. The van der Waals surface area contributed by atoms with Gasteiger partial charge in [-0.05, 0) is 44.0 Å². The molecule has 0 bridgehead atoms. The van der Waals surface area contributed by atoms with Crippen LogP contribution in [0.15, 0.2) is 42.7 Å². The lowest BCUT2D eigenvalue weighted by Gasteiger charge is -2.08. The first-order valence-electron chi connectivity index (χ1n) is 7.46. The van der Waals surface area contributed by atoms with Gasteiger partial charge in [0, 0.05) is 12.2 Å². The average molecular weight is 311 g/mol. The van der Waals surface area contributed by atoms with Crippen LogP contribution in [-0.2, 0) is 6.42 Å². The Labute approximate surface area is 134 Å². The van der Waals surface area contributed by atoms with Gasteiger partial charge in [-0.25, -0.2) is 14.1 Å². The number of hydrogen-bond donors (Lipinski definition) is 1. The minimum absolute atomic E-state index is 0.217. The monoisotopic (exact) mass is 311 g/mol. The average Bonchev–Trinajstić information content (AvgIpc) is 2.88. The molecule has 0 saturated heterocycles. The molecule has 0 aliphatic carbocycles. The fraction of sp³-hybridized carbons (Fsp3) is 0.235. The van der Waals surface area contributed by atoms with Gasteiger partial charge in [0.2, 0.25) is 0 Å². The number of benzene rings is 1. The highest BCUT2D eigenvalue weighted by Gasteiger charge is 2.06. The van der Waals surface area contributed by atoms with Crippen molar-refractivity contribution < 1.29 is 4.39 Å². The van der Waals surface area contributed by atoms with E-state index in [2.05, 4.69) is 20.4 Å². The van der Waals surface area contributed by atoms with Crippen molar-refractivity contribution in [2.24, 2.45) is 0 Å². The summed E-state index contributed by atoms with van der Waals surface area (Å²) in [6.45, 7) is 4.62. The van der Waals surface area contributed by atoms with Gasteiger partial charge in [0.25, 0.3) is 0 Å². The van der Waals surface area contributed by atoms with Crippen molar-refractivity contribution in [2.75, 3.05) is 11.9 Å². The number of anilines is 1. The van der Waals surface area contributed by atoms with Crippen LogP contribution in [0.1, 0.15) is 17.0 Å². The van der Waals surface area contributed by atoms with Gasteiger partial charge in [-0.15, -0.1) is 0 Å². The van der Waals surface area contributed by atoms with E-state index in [4.69, 9.17) is 0 Å². The van der Waals surface area contributed by atoms with Gasteiger partial charge in [-0.3, -0.25) is 4.98 Å². The fourth-order valence-electron chi connectivity index (χ4n) is 2.39. The maximum Gasteiger partial charge on any atom is 0.174 e. The number of aryl methyl sites for hydroxylation is 2. The third-order valence-electron chi connectivity index (χ3n) is 3.48. The van der Waals surface area contributed by atoms with E-state index >= 15 is 0 Å². The van der Waals surface area contributed by atoms with Gasteiger partial charge < -0.3 is 5.32 Å². The van der Waals surface area contributed by atoms with Crippen molar-refractivity contribution >= 4 is 5.82 Å². The molecule has 0 atom stereocenters. The van der Waals surface area contributed by atoms with E-state index in [-0.39, 0.29) is 5.82 Å². The van der Waals surface area contributed by atoms with Gasteiger partial charge in [-0.1, -0.05) is 12.1 Å². The highest BCUT2D eigenvalue weighted by Crippen LogP contribution is 2.11. The topological polar surface area (TPSA) is 55.6 Å². The minimum Gasteiger partial charge on any atom is -0.368 e. The van der Waals surface area contributed by atoms with E-state index in [1.807, 2.05) is 19.9 Å². The van der Waals surface area contributed by atoms with E-state index in [1.54, 1.807) is 29.2 Å². The molecule has 1 aromatic carbocycles. The van der Waals surface area contributed by atoms with E-state index in [1.165, 1.54) is 12.1 Å². The first-order chi connectivity index (χ1) is 11.1. The molecule has 0 fully saturated rings. The van der Waals surface area contributed by atoms with E-state index < -0.39 is 0 Å². The van der Waals surface area contributed by atoms with Gasteiger partial charge in [-0.2, -0.15) is 5.10 Å². The van der Waals surface area contributed by atoms with Crippen LogP contribution >= 0.6 is 0 Å². The van der Waals surface area contributed by atoms with Crippen LogP contribution in [0.2, 0.25) is 0 Å². The molecule has 0 unspecified atom stereocenters. The van der Waals surface area contributed by atoms with Gasteiger partial charge in [0.1, 0.15) is 11.6 Å². The molecule has 2 heterocycles. The van der Waals surface area contributed by atoms with Crippen molar-refractivity contribution in [1.29, 1.82) is 0 Å². The molecule has 0 aliphatic heterocycles. The standard InChI is InChI=1S/C17H18FN5/c1-12-9-13(2)23(22-12)17-11-19-10-16(21-17)20-8-7-14-3-5-15(18)6-4-14/h3-6,9-11H,7-8H2,1-2H3,(H,20,21). The molecule has 23 heavy (non-hydrogen) atoms. The zero-order chi connectivity index (χ0) is 16.2. The Hall–Kier alpha value is -2.76. The Balaban J connectivity index is 1.66. The van der Waals surface area contributed by atoms with Crippen LogP contribution in [0, 0.1) is 19.7 Å². The summed E-state index contributed by atoms with van der Waals surface area (Å²) >= 11 is 0. The van der Waals surface area contributed by atoms with E-state index in [9.17, 15) is 4.39 Å². The molecule has 5 nitrogen and oxygen atoms in total. The quantitative estimate of drug-likeness (QED) is 0.787. The van der Waals surface area contributed by atoms with Crippen LogP contribution in [0.25, 0.3) is 5.82 Å². The molecule has 0 aliphatic rings. The Kier molecular flexibility index (Phi) is 4.32. The molecule has 3 aromatic rings. The minimum atomic E-state index is -0.217. The predicted molar refractivity (Wildman–Crippen MR) is 87.2 cm³/mol. The van der Waals surface area contributed by atoms with Crippen LogP contribution in [0.5, 0.6) is 0 Å². The van der Waals surface area contributed by atoms with Crippen LogP contribution in [0.3, 0.4) is 0 Å². The Morgan fingerprint density at radius 1 is 1.13 bits per heavy atom. The SMILES string of the molecule is Cc1cc(C)n(-c2cncc(NCCc3ccc(F)cc3)n2)n1. The Morgan fingerprint density at radius 3 is 2.61 bits per heavy atom. The molecule has 3 rings (SSSR count). The normalized spacial score (nSPS) is 10.7. The summed E-state index contributed by atoms with van der Waals surface area (Å²) in [6.07, 6.45) is 4.15. The smallest absolute Gasteiger partial charge is 0.174 e. The van der Waals surface area contributed by atoms with Crippen molar-refractivity contribution in [2.45, 2.75) is 20.3 Å². The lowest BCUT2D eigenvalue weighted by Crippen LogP contribution is -2.09. The predicted octanol–water partition coefficient (Wildman–Crippen LogP) is 3.07. The Morgan fingerprint density at radius 2 is 1.91 bits per heavy atom. The van der Waals surface area contributed by atoms with Crippen molar-refractivity contribution in [1.82, 2.24) is 19.7 Å². The molecule has 0 radical (unpaired) electrons. The maximum atomic E-state index is 12.9. The van der Waals surface area contributed by atoms with E-state index in [0.29, 0.717) is 18.2 Å². The largest absolute Gasteiger partial charge is 0.368 e. The van der Waals surface area contributed by atoms with Crippen molar-refractivity contribution in [3.8, 4) is 5.82 Å². The summed E-state index contributed by atoms with van der Waals surface area (Å²) in [7, 11) is 0. The second-order valence-corrected chi connectivity index (χ2v) is 5.40. The Bertz CT molecular complexity index is 795. The summed E-state index contributed by atoms with van der Waals surface area (Å²) in [4.78, 5) is 8.74. The summed E-state index contributed by atoms with van der Waals surface area (Å²) < 4.78 is 14.6. The first kappa shape index (κ1) is 15.1. The lowest BCUT2D eigenvalue weighted by molar-refractivity contribution is 0.627. The van der Waals surface area contributed by atoms with Gasteiger partial charge in [0.15, 0.2) is 5.82 Å². The second-order valence-electron chi connectivity index (χ2n) is 5.40. The third-order valence-corrected chi connectivity index (χ3v) is 3.48. The number of halogens is 1. The zero-order valence-corrected chi connectivity index (χ0v) is 13.1. The second kappa shape index (κ2) is 6.56. The highest BCUT2D eigenvalue weighted by atomic mass is 19.1. The summed E-state index contributed by atoms with van der Waals surface area (Å²) in [6, 6.07) is 8.51. The van der Waals surface area contributed by atoms with Crippen molar-refractivity contribution in [3.05, 3.63) is 65.5 Å². The van der Waals surface area contributed by atoms with E-state index in [0.717, 1.165) is 23.4 Å². The van der Waals surface area contributed by atoms with Crippen LogP contribution in [-0.4, -0.2) is 26.3 Å². The molecule has 0 amide bonds. The molecule has 1 N–H and O–H groups in total. The number of nitrogens with zero attached hydrogens (tertiary/aromatic N) is 4. The molecule has 0 spiro atoms. The first-order valence-corrected chi connectivity index (χ1v) is 7.46. The molecule has 118 valence electrons. The third kappa shape index (κ3) is 3.71. The summed E-state index contributed by atoms with van der Waals surface area (Å²) in [5.74, 6) is 1.16. The zero-order valence-electron chi connectivity index (χ0n) is 13.1. The number of nitrogens with one attached hydrogen (secondary N) is 1. The summed E-state index contributed by atoms with van der Waals surface area (Å²) in [5, 5.41) is 7.64. The molecular weight excluding hydrogens is 293 g/mol. The van der Waals surface area contributed by atoms with Crippen LogP contribution in [0.4, 0.5) is 10.2 Å². The lowest BCUT2D eigenvalue weighted by atomic mass is 10.1. The number of aromatic nitrogens is 4. The fourth-order valence-corrected chi connectivity index (χ4v) is 2.39. The molecular formula is C17H18FN5. The van der Waals surface area contributed by atoms with Crippen LogP contribution < -0.4 is 5.32 Å². The number of hydrogen-bond acceptors (Lipinski definition) is 4. The highest BCUT2D eigenvalue weighted by molar-refractivity contribution is 5.36.